The normalized spacial score (nSPS) is 29.7. The molecule has 2 saturated carbocycles. The van der Waals surface area contributed by atoms with E-state index in [0.29, 0.717) is 0 Å². The Bertz CT molecular complexity index is 1340. The van der Waals surface area contributed by atoms with E-state index >= 15 is 0 Å². The van der Waals surface area contributed by atoms with Crippen LogP contribution in [0.1, 0.15) is 60.9 Å². The highest BCUT2D eigenvalue weighted by atomic mass is 14.6. The number of rotatable bonds is 3. The molecule has 0 nitrogen and oxygen atoms in total. The molecule has 4 aromatic carbocycles. The zero-order chi connectivity index (χ0) is 22.3. The van der Waals surface area contributed by atoms with Crippen molar-refractivity contribution in [2.75, 3.05) is 0 Å². The number of hydrogen-bond acceptors (Lipinski definition) is 0. The number of benzene rings is 4. The maximum absolute atomic E-state index is 2.58. The highest BCUT2D eigenvalue weighted by Gasteiger charge is 2.60. The number of aryl methyl sites for hydroxylation is 1. The van der Waals surface area contributed by atoms with Crippen LogP contribution in [0.3, 0.4) is 0 Å². The molecule has 0 heterocycles. The molecule has 1 unspecified atom stereocenters. The molecule has 0 spiro atoms. The van der Waals surface area contributed by atoms with E-state index in [1.165, 1.54) is 51.1 Å². The Hall–Kier alpha value is -2.60. The topological polar surface area (TPSA) is 0 Å². The van der Waals surface area contributed by atoms with Gasteiger partial charge in [-0.25, -0.2) is 0 Å². The first-order chi connectivity index (χ1) is 16.2. The number of hydrogen-bond donors (Lipinski definition) is 0. The van der Waals surface area contributed by atoms with Gasteiger partial charge < -0.3 is 0 Å². The van der Waals surface area contributed by atoms with Crippen LogP contribution in [0.4, 0.5) is 0 Å². The van der Waals surface area contributed by atoms with Gasteiger partial charge >= 0.3 is 0 Å². The van der Waals surface area contributed by atoms with Gasteiger partial charge in [0.05, 0.1) is 0 Å². The Balaban J connectivity index is 1.30. The van der Waals surface area contributed by atoms with E-state index in [-0.39, 0.29) is 0 Å². The summed E-state index contributed by atoms with van der Waals surface area (Å²) in [6.45, 7) is 7.30. The van der Waals surface area contributed by atoms with Crippen molar-refractivity contribution in [3.63, 3.8) is 0 Å². The van der Waals surface area contributed by atoms with Crippen molar-refractivity contribution in [1.29, 1.82) is 0 Å². The second kappa shape index (κ2) is 7.20. The van der Waals surface area contributed by atoms with Gasteiger partial charge in [0.2, 0.25) is 0 Å². The molecule has 3 aliphatic rings. The van der Waals surface area contributed by atoms with Crippen LogP contribution in [0.5, 0.6) is 0 Å². The molecule has 33 heavy (non-hydrogen) atoms. The average Bonchev–Trinajstić information content (AvgIpc) is 3.28. The smallest absolute Gasteiger partial charge is 0.00133 e. The summed E-state index contributed by atoms with van der Waals surface area (Å²) in [4.78, 5) is 0. The molecule has 0 aromatic heterocycles. The number of fused-ring (bicyclic) bond motifs is 8. The predicted octanol–water partition coefficient (Wildman–Crippen LogP) is 8.32. The lowest BCUT2D eigenvalue weighted by Gasteiger charge is -2.47. The molecule has 0 heteroatoms. The summed E-state index contributed by atoms with van der Waals surface area (Å²) >= 11 is 0. The van der Waals surface area contributed by atoms with Gasteiger partial charge in [-0.3, -0.25) is 0 Å². The quantitative estimate of drug-likeness (QED) is 0.287. The second-order valence-electron chi connectivity index (χ2n) is 11.3. The fourth-order valence-corrected chi connectivity index (χ4v) is 8.41. The summed E-state index contributed by atoms with van der Waals surface area (Å²) < 4.78 is 0. The minimum atomic E-state index is 0.858. The Morgan fingerprint density at radius 3 is 2.03 bits per heavy atom. The summed E-state index contributed by atoms with van der Waals surface area (Å²) in [5.41, 5.74) is 7.84. The van der Waals surface area contributed by atoms with Gasteiger partial charge in [0.15, 0.2) is 0 Å². The van der Waals surface area contributed by atoms with E-state index in [1.54, 1.807) is 11.1 Å². The first-order valence-corrected chi connectivity index (χ1v) is 13.2. The molecule has 166 valence electrons. The minimum Gasteiger partial charge on any atom is -0.0622 e. The molecule has 2 fully saturated rings. The van der Waals surface area contributed by atoms with Crippen molar-refractivity contribution in [1.82, 2.24) is 0 Å². The van der Waals surface area contributed by atoms with Crippen LogP contribution in [0.25, 0.3) is 21.5 Å². The van der Waals surface area contributed by atoms with E-state index in [0.717, 1.165) is 48.3 Å². The van der Waals surface area contributed by atoms with Crippen molar-refractivity contribution in [3.8, 4) is 0 Å². The summed E-state index contributed by atoms with van der Waals surface area (Å²) in [5, 5.41) is 5.74. The highest BCUT2D eigenvalue weighted by molar-refractivity contribution is 6.06. The van der Waals surface area contributed by atoms with Gasteiger partial charge in [-0.1, -0.05) is 87.5 Å². The summed E-state index contributed by atoms with van der Waals surface area (Å²) in [5.74, 6) is 5.56. The van der Waals surface area contributed by atoms with E-state index in [1.807, 2.05) is 0 Å². The fourth-order valence-electron chi connectivity index (χ4n) is 8.41. The van der Waals surface area contributed by atoms with Crippen LogP contribution >= 0.6 is 0 Å². The van der Waals surface area contributed by atoms with Gasteiger partial charge in [0.25, 0.3) is 0 Å². The van der Waals surface area contributed by atoms with Crippen LogP contribution in [-0.4, -0.2) is 0 Å². The van der Waals surface area contributed by atoms with E-state index in [2.05, 4.69) is 87.5 Å². The SMILES string of the molecule is CCc1c2ccccc2c(Cc2ccc3c(c2)CC2[C@@H]4[C@H](C)[C@H](C)C[C@@H]4[C@H]32)c2ccccc12. The van der Waals surface area contributed by atoms with Crippen LogP contribution in [0.2, 0.25) is 0 Å². The molecule has 7 rings (SSSR count). The van der Waals surface area contributed by atoms with Crippen molar-refractivity contribution in [2.24, 2.45) is 29.6 Å². The predicted molar refractivity (Wildman–Crippen MR) is 140 cm³/mol. The maximum Gasteiger partial charge on any atom is -0.00133 e. The Labute approximate surface area is 198 Å². The van der Waals surface area contributed by atoms with Gasteiger partial charge in [0, 0.05) is 0 Å². The van der Waals surface area contributed by atoms with Gasteiger partial charge in [-0.05, 0) is 111 Å². The first-order valence-electron chi connectivity index (χ1n) is 13.2. The molecule has 4 aromatic rings. The van der Waals surface area contributed by atoms with Crippen LogP contribution in [-0.2, 0) is 19.3 Å². The maximum atomic E-state index is 2.58. The van der Waals surface area contributed by atoms with Crippen molar-refractivity contribution in [2.45, 2.75) is 52.4 Å². The average molecular weight is 431 g/mol. The van der Waals surface area contributed by atoms with E-state index in [9.17, 15) is 0 Å². The van der Waals surface area contributed by atoms with Crippen molar-refractivity contribution < 1.29 is 0 Å². The fraction of sp³-hybridized carbons (Fsp3) is 0.394. The highest BCUT2D eigenvalue weighted by Crippen LogP contribution is 2.67. The largest absolute Gasteiger partial charge is 0.0622 e. The van der Waals surface area contributed by atoms with Crippen molar-refractivity contribution in [3.05, 3.63) is 94.5 Å². The summed E-state index contributed by atoms with van der Waals surface area (Å²) in [7, 11) is 0. The van der Waals surface area contributed by atoms with Crippen molar-refractivity contribution >= 4 is 21.5 Å². The zero-order valence-corrected chi connectivity index (χ0v) is 20.1. The minimum absolute atomic E-state index is 0.858. The third kappa shape index (κ3) is 2.70. The molecular formula is C33H34. The summed E-state index contributed by atoms with van der Waals surface area (Å²) in [6.07, 6.45) is 4.87. The zero-order valence-electron chi connectivity index (χ0n) is 20.1. The molecule has 0 saturated heterocycles. The molecule has 0 N–H and O–H groups in total. The monoisotopic (exact) mass is 430 g/mol. The van der Waals surface area contributed by atoms with Crippen LogP contribution < -0.4 is 0 Å². The lowest BCUT2D eigenvalue weighted by molar-refractivity contribution is 0.0482. The molecular weight excluding hydrogens is 396 g/mol. The molecule has 3 aliphatic carbocycles. The van der Waals surface area contributed by atoms with Gasteiger partial charge in [-0.15, -0.1) is 0 Å². The molecule has 0 aliphatic heterocycles. The molecule has 6 atom stereocenters. The molecule has 0 bridgehead atoms. The Kier molecular flexibility index (Phi) is 4.33. The Morgan fingerprint density at radius 2 is 1.39 bits per heavy atom. The second-order valence-corrected chi connectivity index (χ2v) is 11.3. The standard InChI is InChI=1S/C33H34/c1-4-23-25-9-5-7-11-27(25)29(28-12-8-6-10-26(23)28)17-21-13-14-24-22(16-21)18-31-32-20(3)19(2)15-30(32)33(24)31/h5-14,16,19-20,30-33H,4,15,17-18H2,1-3H3/t19-,20-,30+,31?,32-,33+/m1/s1. The first kappa shape index (κ1) is 19.8. The van der Waals surface area contributed by atoms with Gasteiger partial charge in [0.1, 0.15) is 0 Å². The van der Waals surface area contributed by atoms with E-state index in [4.69, 9.17) is 0 Å². The molecule has 0 amide bonds. The van der Waals surface area contributed by atoms with Gasteiger partial charge in [-0.2, -0.15) is 0 Å². The summed E-state index contributed by atoms with van der Waals surface area (Å²) in [6, 6.07) is 25.7. The third-order valence-corrected chi connectivity index (χ3v) is 9.97. The van der Waals surface area contributed by atoms with Crippen LogP contribution in [0, 0.1) is 29.6 Å². The van der Waals surface area contributed by atoms with Crippen LogP contribution in [0.15, 0.2) is 66.7 Å². The lowest BCUT2D eigenvalue weighted by Crippen LogP contribution is -2.41. The van der Waals surface area contributed by atoms with E-state index < -0.39 is 0 Å². The lowest BCUT2D eigenvalue weighted by atomic mass is 9.57. The third-order valence-electron chi connectivity index (χ3n) is 9.97. The molecule has 0 radical (unpaired) electrons. The Morgan fingerprint density at radius 1 is 0.758 bits per heavy atom.